The van der Waals surface area contributed by atoms with E-state index >= 15 is 0 Å². The number of piperidine rings is 1. The lowest BCUT2D eigenvalue weighted by Crippen LogP contribution is -2.49. The molecule has 1 N–H and O–H groups in total. The van der Waals surface area contributed by atoms with E-state index in [4.69, 9.17) is 4.84 Å². The summed E-state index contributed by atoms with van der Waals surface area (Å²) in [6, 6.07) is 6.13. The van der Waals surface area contributed by atoms with Crippen LogP contribution in [0.5, 0.6) is 0 Å². The second-order valence-electron chi connectivity index (χ2n) is 8.46. The van der Waals surface area contributed by atoms with E-state index in [1.165, 1.54) is 12.1 Å². The van der Waals surface area contributed by atoms with Crippen LogP contribution in [0, 0.1) is 18.2 Å². The predicted molar refractivity (Wildman–Crippen MR) is 110 cm³/mol. The van der Waals surface area contributed by atoms with Crippen molar-refractivity contribution in [1.29, 1.82) is 0 Å². The van der Waals surface area contributed by atoms with Crippen LogP contribution in [0.1, 0.15) is 42.5 Å². The number of halogens is 1. The number of hydrogen-bond acceptors (Lipinski definition) is 5. The minimum absolute atomic E-state index is 0.291. The van der Waals surface area contributed by atoms with E-state index in [1.54, 1.807) is 12.1 Å². The molecule has 0 radical (unpaired) electrons. The number of carbonyl (C=O) groups is 1. The van der Waals surface area contributed by atoms with Crippen LogP contribution >= 0.6 is 0 Å². The molecule has 2 aliphatic rings. The van der Waals surface area contributed by atoms with Crippen LogP contribution in [-0.2, 0) is 23.2 Å². The number of aryl methyl sites for hydroxylation is 1. The molecule has 2 aliphatic heterocycles. The van der Waals surface area contributed by atoms with Gasteiger partial charge in [0.2, 0.25) is 0 Å². The number of benzene rings is 1. The first-order valence-corrected chi connectivity index (χ1v) is 10.3. The minimum Gasteiger partial charge on any atom is -0.481 e. The maximum absolute atomic E-state index is 13.2. The molecule has 3 heterocycles. The maximum atomic E-state index is 13.2. The van der Waals surface area contributed by atoms with Gasteiger partial charge in [0.1, 0.15) is 11.9 Å². The number of carboxylic acid groups (broad SMARTS) is 1. The van der Waals surface area contributed by atoms with Crippen LogP contribution in [-0.4, -0.2) is 50.7 Å². The summed E-state index contributed by atoms with van der Waals surface area (Å²) in [4.78, 5) is 20.2. The van der Waals surface area contributed by atoms with E-state index in [0.29, 0.717) is 32.4 Å². The fraction of sp³-hybridized carbons (Fsp3) is 0.500. The van der Waals surface area contributed by atoms with Crippen LogP contribution in [0.2, 0.25) is 0 Å². The first-order chi connectivity index (χ1) is 14.4. The maximum Gasteiger partial charge on any atom is 0.311 e. The molecule has 0 saturated carbocycles. The molecule has 0 bridgehead atoms. The number of nitrogens with zero attached hydrogens (tertiary/aromatic N) is 4. The van der Waals surface area contributed by atoms with Gasteiger partial charge >= 0.3 is 5.97 Å². The second-order valence-corrected chi connectivity index (χ2v) is 8.46. The smallest absolute Gasteiger partial charge is 0.311 e. The summed E-state index contributed by atoms with van der Waals surface area (Å²) in [5, 5.41) is 18.6. The third kappa shape index (κ3) is 4.09. The van der Waals surface area contributed by atoms with Gasteiger partial charge in [-0.05, 0) is 44.0 Å². The summed E-state index contributed by atoms with van der Waals surface area (Å²) in [5.74, 6) is -1.08. The molecule has 1 fully saturated rings. The number of aromatic nitrogens is 2. The largest absolute Gasteiger partial charge is 0.481 e. The second kappa shape index (κ2) is 8.18. The van der Waals surface area contributed by atoms with Gasteiger partial charge in [-0.3, -0.25) is 14.4 Å². The van der Waals surface area contributed by atoms with Crippen molar-refractivity contribution >= 4 is 11.7 Å². The normalized spacial score (nSPS) is 24.5. The van der Waals surface area contributed by atoms with E-state index in [9.17, 15) is 14.3 Å². The molecule has 0 spiro atoms. The van der Waals surface area contributed by atoms with Crippen LogP contribution in [0.15, 0.2) is 35.6 Å². The van der Waals surface area contributed by atoms with Gasteiger partial charge in [-0.15, -0.1) is 0 Å². The van der Waals surface area contributed by atoms with Crippen molar-refractivity contribution in [2.75, 3.05) is 13.1 Å². The zero-order chi connectivity index (χ0) is 21.3. The highest BCUT2D eigenvalue weighted by Gasteiger charge is 2.45. The van der Waals surface area contributed by atoms with Crippen molar-refractivity contribution in [2.45, 2.75) is 45.3 Å². The molecule has 2 unspecified atom stereocenters. The highest BCUT2D eigenvalue weighted by Crippen LogP contribution is 2.38. The molecule has 1 saturated heterocycles. The van der Waals surface area contributed by atoms with Gasteiger partial charge in [0.15, 0.2) is 0 Å². The van der Waals surface area contributed by atoms with Crippen LogP contribution in [0.25, 0.3) is 0 Å². The molecule has 30 heavy (non-hydrogen) atoms. The van der Waals surface area contributed by atoms with E-state index < -0.39 is 11.4 Å². The molecule has 1 aromatic carbocycles. The van der Waals surface area contributed by atoms with Crippen LogP contribution in [0.4, 0.5) is 4.39 Å². The number of likely N-dealkylation sites (tertiary alicyclic amines) is 1. The first-order valence-electron chi connectivity index (χ1n) is 10.3. The first kappa shape index (κ1) is 20.5. The Kier molecular flexibility index (Phi) is 5.60. The Morgan fingerprint density at radius 2 is 2.13 bits per heavy atom. The number of oxime groups is 1. The monoisotopic (exact) mass is 414 g/mol. The molecule has 4 rings (SSSR count). The Balaban J connectivity index is 1.43. The molecule has 0 amide bonds. The Morgan fingerprint density at radius 3 is 2.80 bits per heavy atom. The van der Waals surface area contributed by atoms with Gasteiger partial charge in [-0.25, -0.2) is 4.39 Å². The average molecular weight is 414 g/mol. The van der Waals surface area contributed by atoms with Crippen molar-refractivity contribution in [3.63, 3.8) is 0 Å². The fourth-order valence-corrected chi connectivity index (χ4v) is 4.52. The van der Waals surface area contributed by atoms with Gasteiger partial charge in [-0.1, -0.05) is 17.3 Å². The predicted octanol–water partition coefficient (Wildman–Crippen LogP) is 3.12. The standard InChI is InChI=1S/C22H27FN4O3/c1-15-17(12-24-26(15)2)13-27-9-3-8-22(14-27,21(28)29)11-19-10-20(25-30-19)16-4-6-18(23)7-5-16/h4-7,12,19H,3,8-11,13-14H2,1-2H3,(H,28,29). The third-order valence-electron chi connectivity index (χ3n) is 6.37. The minimum atomic E-state index is -0.868. The van der Waals surface area contributed by atoms with Crippen molar-refractivity contribution in [3.05, 3.63) is 53.1 Å². The molecule has 1 aromatic heterocycles. The highest BCUT2D eigenvalue weighted by molar-refractivity contribution is 6.01. The van der Waals surface area contributed by atoms with Crippen LogP contribution < -0.4 is 0 Å². The van der Waals surface area contributed by atoms with Crippen molar-refractivity contribution in [3.8, 4) is 0 Å². The van der Waals surface area contributed by atoms with E-state index in [2.05, 4.69) is 15.2 Å². The quantitative estimate of drug-likeness (QED) is 0.786. The molecule has 2 aromatic rings. The van der Waals surface area contributed by atoms with Crippen molar-refractivity contribution in [1.82, 2.24) is 14.7 Å². The zero-order valence-corrected chi connectivity index (χ0v) is 17.3. The lowest BCUT2D eigenvalue weighted by atomic mass is 9.74. The summed E-state index contributed by atoms with van der Waals surface area (Å²) in [6.45, 7) is 4.06. The summed E-state index contributed by atoms with van der Waals surface area (Å²) in [5.41, 5.74) is 2.89. The van der Waals surface area contributed by atoms with Gasteiger partial charge in [0.25, 0.3) is 0 Å². The summed E-state index contributed by atoms with van der Waals surface area (Å²) in [6.07, 6.45) is 3.94. The molecular formula is C22H27FN4O3. The lowest BCUT2D eigenvalue weighted by Gasteiger charge is -2.40. The molecule has 8 heteroatoms. The average Bonchev–Trinajstić information content (AvgIpc) is 3.31. The molecule has 7 nitrogen and oxygen atoms in total. The third-order valence-corrected chi connectivity index (χ3v) is 6.37. The van der Waals surface area contributed by atoms with Crippen molar-refractivity contribution < 1.29 is 19.1 Å². The number of aliphatic carboxylic acids is 1. The Labute approximate surface area is 175 Å². The van der Waals surface area contributed by atoms with E-state index in [1.807, 2.05) is 24.9 Å². The number of hydrogen-bond donors (Lipinski definition) is 1. The molecule has 0 aliphatic carbocycles. The Morgan fingerprint density at radius 1 is 1.37 bits per heavy atom. The number of rotatable bonds is 6. The molecular weight excluding hydrogens is 387 g/mol. The van der Waals surface area contributed by atoms with Gasteiger partial charge in [-0.2, -0.15) is 5.10 Å². The topological polar surface area (TPSA) is 79.9 Å². The molecule has 2 atom stereocenters. The highest BCUT2D eigenvalue weighted by atomic mass is 19.1. The van der Waals surface area contributed by atoms with E-state index in [0.717, 1.165) is 35.5 Å². The van der Waals surface area contributed by atoms with Gasteiger partial charge < -0.3 is 9.94 Å². The zero-order valence-electron chi connectivity index (χ0n) is 17.3. The van der Waals surface area contributed by atoms with Crippen LogP contribution in [0.3, 0.4) is 0 Å². The Hall–Kier alpha value is -2.74. The van der Waals surface area contributed by atoms with E-state index in [-0.39, 0.29) is 11.9 Å². The van der Waals surface area contributed by atoms with Gasteiger partial charge in [0, 0.05) is 44.2 Å². The summed E-state index contributed by atoms with van der Waals surface area (Å²) < 4.78 is 15.0. The van der Waals surface area contributed by atoms with Crippen molar-refractivity contribution in [2.24, 2.45) is 17.6 Å². The fourth-order valence-electron chi connectivity index (χ4n) is 4.52. The SMILES string of the molecule is Cc1c(CN2CCCC(CC3CC(c4ccc(F)cc4)=NO3)(C(=O)O)C2)cnn1C. The Bertz CT molecular complexity index is 956. The molecule has 160 valence electrons. The van der Waals surface area contributed by atoms with Gasteiger partial charge in [0.05, 0.1) is 17.3 Å². The lowest BCUT2D eigenvalue weighted by molar-refractivity contribution is -0.156. The number of carboxylic acids is 1. The summed E-state index contributed by atoms with van der Waals surface area (Å²) in [7, 11) is 1.91. The summed E-state index contributed by atoms with van der Waals surface area (Å²) >= 11 is 0.